The molecular weight excluding hydrogens is 232 g/mol. The molecule has 0 aliphatic heterocycles. The molecule has 0 saturated heterocycles. The van der Waals surface area contributed by atoms with E-state index >= 15 is 0 Å². The van der Waals surface area contributed by atoms with Crippen molar-refractivity contribution >= 4 is 23.3 Å². The van der Waals surface area contributed by atoms with E-state index in [9.17, 15) is 9.59 Å². The van der Waals surface area contributed by atoms with E-state index in [1.165, 1.54) is 0 Å². The Morgan fingerprint density at radius 2 is 2.22 bits per heavy atom. The lowest BCUT2D eigenvalue weighted by atomic mass is 10.1. The number of pyridine rings is 1. The van der Waals surface area contributed by atoms with Crippen molar-refractivity contribution in [2.24, 2.45) is 0 Å². The monoisotopic (exact) mass is 244 g/mol. The zero-order chi connectivity index (χ0) is 13.0. The van der Waals surface area contributed by atoms with E-state index in [2.05, 4.69) is 10.3 Å². The molecule has 92 valence electrons. The number of aromatic nitrogens is 1. The number of hydrogen-bond donors (Lipinski definition) is 2. The van der Waals surface area contributed by atoms with Gasteiger partial charge in [-0.15, -0.1) is 0 Å². The largest absolute Gasteiger partial charge is 0.480 e. The smallest absolute Gasteiger partial charge is 0.326 e. The Morgan fingerprint density at radius 3 is 2.94 bits per heavy atom. The van der Waals surface area contributed by atoms with Gasteiger partial charge >= 0.3 is 5.97 Å². The summed E-state index contributed by atoms with van der Waals surface area (Å²) in [7, 11) is 0. The van der Waals surface area contributed by atoms with E-state index in [1.807, 2.05) is 30.3 Å². The van der Waals surface area contributed by atoms with Crippen LogP contribution in [0.3, 0.4) is 0 Å². The predicted octanol–water partition coefficient (Wildman–Crippen LogP) is 0.976. The molecule has 0 fully saturated rings. The van der Waals surface area contributed by atoms with Gasteiger partial charge in [-0.3, -0.25) is 9.78 Å². The second kappa shape index (κ2) is 5.27. The van der Waals surface area contributed by atoms with E-state index in [1.54, 1.807) is 6.20 Å². The fourth-order valence-electron chi connectivity index (χ4n) is 1.76. The predicted molar refractivity (Wildman–Crippen MR) is 66.1 cm³/mol. The topological polar surface area (TPSA) is 79.3 Å². The van der Waals surface area contributed by atoms with Crippen molar-refractivity contribution in [3.05, 3.63) is 42.1 Å². The van der Waals surface area contributed by atoms with Gasteiger partial charge in [-0.25, -0.2) is 4.79 Å². The van der Waals surface area contributed by atoms with Crippen LogP contribution in [0.2, 0.25) is 0 Å². The van der Waals surface area contributed by atoms with Crippen LogP contribution in [-0.2, 0) is 16.0 Å². The number of amides is 1. The van der Waals surface area contributed by atoms with Crippen LogP contribution >= 0.6 is 0 Å². The minimum absolute atomic E-state index is 0.214. The van der Waals surface area contributed by atoms with Crippen molar-refractivity contribution in [2.45, 2.75) is 12.5 Å². The normalized spacial score (nSPS) is 12.0. The quantitative estimate of drug-likeness (QED) is 0.768. The third-order valence-corrected chi connectivity index (χ3v) is 2.65. The van der Waals surface area contributed by atoms with Crippen LogP contribution in [0.15, 0.2) is 36.5 Å². The zero-order valence-corrected chi connectivity index (χ0v) is 9.54. The first-order valence-electron chi connectivity index (χ1n) is 5.47. The molecule has 1 unspecified atom stereocenters. The highest BCUT2D eigenvalue weighted by atomic mass is 16.4. The van der Waals surface area contributed by atoms with Gasteiger partial charge in [0.2, 0.25) is 6.41 Å². The third-order valence-electron chi connectivity index (χ3n) is 2.65. The summed E-state index contributed by atoms with van der Waals surface area (Å²) >= 11 is 0. The lowest BCUT2D eigenvalue weighted by Crippen LogP contribution is -2.37. The number of rotatable bonds is 5. The molecule has 2 rings (SSSR count). The number of carboxylic acids is 1. The first-order valence-corrected chi connectivity index (χ1v) is 5.47. The average Bonchev–Trinajstić information content (AvgIpc) is 2.38. The van der Waals surface area contributed by atoms with Crippen LogP contribution in [0.5, 0.6) is 0 Å². The maximum absolute atomic E-state index is 10.9. The number of benzene rings is 1. The molecule has 5 nitrogen and oxygen atoms in total. The van der Waals surface area contributed by atoms with Gasteiger partial charge in [-0.1, -0.05) is 18.2 Å². The number of para-hydroxylation sites is 1. The standard InChI is InChI=1S/C13H12N2O3/c16-8-15-12(13(17)18)6-9-5-10-3-1-2-4-11(10)14-7-9/h1-5,7-8,12H,6H2,(H,15,16)(H,17,18). The van der Waals surface area contributed by atoms with Crippen LogP contribution in [0.4, 0.5) is 0 Å². The molecular formula is C13H12N2O3. The van der Waals surface area contributed by atoms with Gasteiger partial charge in [-0.2, -0.15) is 0 Å². The summed E-state index contributed by atoms with van der Waals surface area (Å²) in [4.78, 5) is 25.5. The Bertz CT molecular complexity index is 583. The Kier molecular flexibility index (Phi) is 3.52. The van der Waals surface area contributed by atoms with Crippen LogP contribution in [0, 0.1) is 0 Å². The van der Waals surface area contributed by atoms with Crippen molar-refractivity contribution in [3.63, 3.8) is 0 Å². The van der Waals surface area contributed by atoms with Crippen LogP contribution in [0.25, 0.3) is 10.9 Å². The summed E-state index contributed by atoms with van der Waals surface area (Å²) < 4.78 is 0. The number of nitrogens with one attached hydrogen (secondary N) is 1. The molecule has 5 heteroatoms. The average molecular weight is 244 g/mol. The van der Waals surface area contributed by atoms with Gasteiger partial charge in [0.25, 0.3) is 0 Å². The number of carbonyl (C=O) groups excluding carboxylic acids is 1. The van der Waals surface area contributed by atoms with E-state index < -0.39 is 12.0 Å². The molecule has 1 amide bonds. The van der Waals surface area contributed by atoms with Gasteiger partial charge in [0, 0.05) is 18.0 Å². The summed E-state index contributed by atoms with van der Waals surface area (Å²) in [6, 6.07) is 8.54. The maximum Gasteiger partial charge on any atom is 0.326 e. The minimum atomic E-state index is -1.06. The summed E-state index contributed by atoms with van der Waals surface area (Å²) in [5, 5.41) is 12.2. The van der Waals surface area contributed by atoms with E-state index in [-0.39, 0.29) is 6.42 Å². The van der Waals surface area contributed by atoms with Gasteiger partial charge in [0.1, 0.15) is 6.04 Å². The Morgan fingerprint density at radius 1 is 1.44 bits per heavy atom. The molecule has 1 aromatic carbocycles. The summed E-state index contributed by atoms with van der Waals surface area (Å²) in [6.07, 6.45) is 2.24. The molecule has 1 aromatic heterocycles. The highest BCUT2D eigenvalue weighted by Crippen LogP contribution is 2.13. The number of hydrogen-bond acceptors (Lipinski definition) is 3. The highest BCUT2D eigenvalue weighted by Gasteiger charge is 2.16. The molecule has 0 aliphatic carbocycles. The summed E-state index contributed by atoms with van der Waals surface area (Å²) in [5.41, 5.74) is 1.63. The van der Waals surface area contributed by atoms with E-state index in [4.69, 9.17) is 5.11 Å². The molecule has 0 spiro atoms. The Hall–Kier alpha value is -2.43. The number of nitrogens with zero attached hydrogens (tertiary/aromatic N) is 1. The second-order valence-electron chi connectivity index (χ2n) is 3.92. The van der Waals surface area contributed by atoms with Crippen molar-refractivity contribution in [2.75, 3.05) is 0 Å². The van der Waals surface area contributed by atoms with Crippen LogP contribution in [0.1, 0.15) is 5.56 Å². The molecule has 1 heterocycles. The fourth-order valence-corrected chi connectivity index (χ4v) is 1.76. The van der Waals surface area contributed by atoms with Crippen molar-refractivity contribution < 1.29 is 14.7 Å². The third kappa shape index (κ3) is 2.63. The molecule has 0 bridgehead atoms. The minimum Gasteiger partial charge on any atom is -0.480 e. The molecule has 1 atom stereocenters. The molecule has 0 saturated carbocycles. The highest BCUT2D eigenvalue weighted by molar-refractivity contribution is 5.80. The fraction of sp³-hybridized carbons (Fsp3) is 0.154. The molecule has 0 aliphatic rings. The maximum atomic E-state index is 10.9. The Balaban J connectivity index is 2.25. The van der Waals surface area contributed by atoms with E-state index in [0.717, 1.165) is 16.5 Å². The number of carboxylic acid groups (broad SMARTS) is 1. The lowest BCUT2D eigenvalue weighted by Gasteiger charge is -2.11. The second-order valence-corrected chi connectivity index (χ2v) is 3.92. The number of fused-ring (bicyclic) bond motifs is 1. The van der Waals surface area contributed by atoms with Crippen molar-refractivity contribution in [1.82, 2.24) is 10.3 Å². The summed E-state index contributed by atoms with van der Waals surface area (Å²) in [5.74, 6) is -1.06. The zero-order valence-electron chi connectivity index (χ0n) is 9.54. The van der Waals surface area contributed by atoms with Gasteiger partial charge < -0.3 is 10.4 Å². The number of carbonyl (C=O) groups is 2. The number of aliphatic carboxylic acids is 1. The molecule has 2 aromatic rings. The van der Waals surface area contributed by atoms with Gasteiger partial charge in [0.15, 0.2) is 0 Å². The SMILES string of the molecule is O=CNC(Cc1cnc2ccccc2c1)C(=O)O. The van der Waals surface area contributed by atoms with Crippen LogP contribution < -0.4 is 5.32 Å². The lowest BCUT2D eigenvalue weighted by molar-refractivity contribution is -0.140. The van der Waals surface area contributed by atoms with Crippen molar-refractivity contribution in [1.29, 1.82) is 0 Å². The molecule has 2 N–H and O–H groups in total. The Labute approximate surface area is 103 Å². The molecule has 18 heavy (non-hydrogen) atoms. The summed E-state index contributed by atoms with van der Waals surface area (Å²) in [6.45, 7) is 0. The van der Waals surface area contributed by atoms with Crippen LogP contribution in [-0.4, -0.2) is 28.5 Å². The van der Waals surface area contributed by atoms with Gasteiger partial charge in [0.05, 0.1) is 5.52 Å². The van der Waals surface area contributed by atoms with Crippen molar-refractivity contribution in [3.8, 4) is 0 Å². The molecule has 0 radical (unpaired) electrons. The first-order chi connectivity index (χ1) is 8.70. The van der Waals surface area contributed by atoms with E-state index in [0.29, 0.717) is 6.41 Å². The van der Waals surface area contributed by atoms with Gasteiger partial charge in [-0.05, 0) is 17.7 Å². The first kappa shape index (κ1) is 12.0.